The van der Waals surface area contributed by atoms with Gasteiger partial charge in [0.1, 0.15) is 5.56 Å². The fraction of sp³-hybridized carbons (Fsp3) is 0.500. The van der Waals surface area contributed by atoms with Gasteiger partial charge in [0.05, 0.1) is 22.3 Å². The zero-order valence-corrected chi connectivity index (χ0v) is 18.9. The molecule has 10 nitrogen and oxygen atoms in total. The monoisotopic (exact) mass is 457 g/mol. The number of benzene rings is 1. The zero-order valence-electron chi connectivity index (χ0n) is 18.9. The molecule has 0 saturated carbocycles. The van der Waals surface area contributed by atoms with Gasteiger partial charge in [0.15, 0.2) is 5.82 Å². The fourth-order valence-corrected chi connectivity index (χ4v) is 5.10. The van der Waals surface area contributed by atoms with Crippen molar-refractivity contribution in [1.29, 1.82) is 5.53 Å². The summed E-state index contributed by atoms with van der Waals surface area (Å²) in [7, 11) is 0. The molecule has 5 N–H and O–H groups in total. The first-order valence-electron chi connectivity index (χ1n) is 11.0. The third kappa shape index (κ3) is 3.70. The Labute approximate surface area is 189 Å². The first-order chi connectivity index (χ1) is 15.6. The van der Waals surface area contributed by atoms with Crippen molar-refractivity contribution in [2.24, 2.45) is 5.22 Å². The number of likely N-dealkylation sites (tertiary alicyclic amines) is 1. The summed E-state index contributed by atoms with van der Waals surface area (Å²) in [5, 5.41) is 6.00. The number of pyridine rings is 1. The summed E-state index contributed by atoms with van der Waals surface area (Å²) in [6.45, 7) is 6.58. The van der Waals surface area contributed by atoms with E-state index in [9.17, 15) is 14.4 Å². The summed E-state index contributed by atoms with van der Waals surface area (Å²) in [6, 6.07) is 1.41. The van der Waals surface area contributed by atoms with Crippen molar-refractivity contribution < 1.29 is 14.0 Å². The largest absolute Gasteiger partial charge is 0.396 e. The topological polar surface area (TPSA) is 146 Å². The minimum Gasteiger partial charge on any atom is -0.396 e. The van der Waals surface area contributed by atoms with E-state index in [2.05, 4.69) is 10.5 Å². The van der Waals surface area contributed by atoms with Crippen molar-refractivity contribution in [3.63, 3.8) is 0 Å². The van der Waals surface area contributed by atoms with Gasteiger partial charge in [-0.2, -0.15) is 5.53 Å². The van der Waals surface area contributed by atoms with E-state index in [4.69, 9.17) is 11.3 Å². The van der Waals surface area contributed by atoms with Crippen LogP contribution in [0.25, 0.3) is 10.9 Å². The molecule has 2 aromatic rings. The molecule has 1 atom stereocenters. The van der Waals surface area contributed by atoms with Crippen molar-refractivity contribution in [3.8, 4) is 0 Å². The van der Waals surface area contributed by atoms with E-state index >= 15 is 4.39 Å². The lowest BCUT2D eigenvalue weighted by atomic mass is 10.0. The van der Waals surface area contributed by atoms with Gasteiger partial charge in [-0.3, -0.25) is 14.4 Å². The summed E-state index contributed by atoms with van der Waals surface area (Å²) >= 11 is 0. The van der Waals surface area contributed by atoms with Gasteiger partial charge in [-0.15, -0.1) is 0 Å². The number of halogens is 1. The molecule has 0 unspecified atom stereocenters. The maximum absolute atomic E-state index is 15.4. The van der Waals surface area contributed by atoms with Gasteiger partial charge in [0, 0.05) is 37.3 Å². The molecule has 1 fully saturated rings. The molecule has 1 saturated heterocycles. The average Bonchev–Trinajstić information content (AvgIpc) is 3.06. The van der Waals surface area contributed by atoms with Gasteiger partial charge < -0.3 is 20.5 Å². The number of hydrogen-bond donors (Lipinski definition) is 4. The van der Waals surface area contributed by atoms with Crippen molar-refractivity contribution in [1.82, 2.24) is 14.9 Å². The van der Waals surface area contributed by atoms with Crippen molar-refractivity contribution >= 4 is 34.1 Å². The molecule has 4 rings (SSSR count). The lowest BCUT2D eigenvalue weighted by Gasteiger charge is -2.33. The van der Waals surface area contributed by atoms with Crippen LogP contribution in [0.1, 0.15) is 56.1 Å². The third-order valence-electron chi connectivity index (χ3n) is 6.72. The van der Waals surface area contributed by atoms with Gasteiger partial charge in [-0.1, -0.05) is 5.22 Å². The van der Waals surface area contributed by atoms with Crippen molar-refractivity contribution in [2.75, 3.05) is 24.1 Å². The van der Waals surface area contributed by atoms with E-state index in [0.29, 0.717) is 37.1 Å². The Hall–Kier alpha value is -3.50. The van der Waals surface area contributed by atoms with Gasteiger partial charge in [-0.05, 0) is 45.6 Å². The summed E-state index contributed by atoms with van der Waals surface area (Å²) in [5.74, 6) is -1.62. The fourth-order valence-electron chi connectivity index (χ4n) is 5.10. The highest BCUT2D eigenvalue weighted by Gasteiger charge is 2.36. The number of amides is 2. The van der Waals surface area contributed by atoms with Gasteiger partial charge in [-0.25, -0.2) is 9.82 Å². The predicted molar refractivity (Wildman–Crippen MR) is 122 cm³/mol. The second-order valence-corrected chi connectivity index (χ2v) is 9.35. The number of fused-ring (bicyclic) bond motifs is 3. The number of aromatic nitrogens is 1. The number of carbonyl (C=O) groups is 2. The Kier molecular flexibility index (Phi) is 5.59. The van der Waals surface area contributed by atoms with E-state index in [-0.39, 0.29) is 34.3 Å². The predicted octanol–water partition coefficient (Wildman–Crippen LogP) is 2.50. The second kappa shape index (κ2) is 8.13. The molecule has 0 bridgehead atoms. The number of nitrogens with two attached hydrogens (primary N) is 1. The van der Waals surface area contributed by atoms with Crippen LogP contribution < -0.4 is 21.9 Å². The van der Waals surface area contributed by atoms with Gasteiger partial charge in [0.25, 0.3) is 5.91 Å². The maximum atomic E-state index is 15.4. The first-order valence-corrected chi connectivity index (χ1v) is 11.0. The normalized spacial score (nSPS) is 19.3. The van der Waals surface area contributed by atoms with Crippen LogP contribution in [0.15, 0.2) is 16.1 Å². The number of piperidine rings is 1. The minimum atomic E-state index is -0.813. The number of nitrogens with one attached hydrogen (secondary N) is 3. The molecule has 33 heavy (non-hydrogen) atoms. The lowest BCUT2D eigenvalue weighted by molar-refractivity contribution is -0.129. The molecule has 176 valence electrons. The SMILES string of the molecule is CC(=O)N1CCC[C@H](Nc2cc3c(c(N)c2F)c(=O)c(C(=O)NN=N)c2n3C(C)(C)CC2)C1. The molecular weight excluding hydrogens is 429 g/mol. The van der Waals surface area contributed by atoms with Crippen LogP contribution in [0.4, 0.5) is 15.8 Å². The van der Waals surface area contributed by atoms with Crippen LogP contribution in [-0.4, -0.2) is 40.4 Å². The smallest absolute Gasteiger partial charge is 0.278 e. The third-order valence-corrected chi connectivity index (χ3v) is 6.72. The summed E-state index contributed by atoms with van der Waals surface area (Å²) in [6.07, 6.45) is 2.69. The molecule has 3 heterocycles. The van der Waals surface area contributed by atoms with Crippen LogP contribution in [0.2, 0.25) is 0 Å². The van der Waals surface area contributed by atoms with E-state index in [1.165, 1.54) is 6.92 Å². The number of rotatable bonds is 4. The van der Waals surface area contributed by atoms with E-state index in [1.54, 1.807) is 11.0 Å². The van der Waals surface area contributed by atoms with E-state index in [1.807, 2.05) is 23.8 Å². The average molecular weight is 458 g/mol. The Bertz CT molecular complexity index is 1240. The lowest BCUT2D eigenvalue weighted by Crippen LogP contribution is -2.44. The standard InChI is InChI=1S/C22H28FN7O3/c1-11(31)29-8-4-5-12(10-29)26-13-9-15-16(19(24)18(13)23)20(32)17(21(33)27-28-25)14-6-7-22(2,3)30(14)15/h9,12,26H,4-8,10,24H2,1-3H3,(H2,25,27,33)/t12-/m0/s1. The molecule has 1 aromatic heterocycles. The molecule has 2 aliphatic heterocycles. The van der Waals surface area contributed by atoms with Crippen LogP contribution >= 0.6 is 0 Å². The molecule has 0 aliphatic carbocycles. The van der Waals surface area contributed by atoms with E-state index < -0.39 is 22.7 Å². The molecule has 0 spiro atoms. The number of carbonyl (C=O) groups excluding carboxylic acids is 2. The van der Waals surface area contributed by atoms with Crippen molar-refractivity contribution in [2.45, 2.75) is 58.0 Å². The quantitative estimate of drug-likeness (QED) is 0.317. The van der Waals surface area contributed by atoms with Crippen LogP contribution in [0, 0.1) is 11.3 Å². The number of nitrogens with zero attached hydrogens (tertiary/aromatic N) is 3. The van der Waals surface area contributed by atoms with Crippen LogP contribution in [0.5, 0.6) is 0 Å². The number of hydrogen-bond acceptors (Lipinski definition) is 7. The molecule has 0 radical (unpaired) electrons. The van der Waals surface area contributed by atoms with Gasteiger partial charge in [0.2, 0.25) is 11.3 Å². The number of nitrogen functional groups attached to an aromatic ring is 1. The Balaban J connectivity index is 1.90. The summed E-state index contributed by atoms with van der Waals surface area (Å²) < 4.78 is 17.2. The maximum Gasteiger partial charge on any atom is 0.278 e. The second-order valence-electron chi connectivity index (χ2n) is 9.35. The van der Waals surface area contributed by atoms with Crippen LogP contribution in [-0.2, 0) is 16.8 Å². The van der Waals surface area contributed by atoms with Gasteiger partial charge >= 0.3 is 0 Å². The highest BCUT2D eigenvalue weighted by Crippen LogP contribution is 2.39. The molecule has 2 amide bonds. The molecule has 2 aliphatic rings. The van der Waals surface area contributed by atoms with Crippen molar-refractivity contribution in [3.05, 3.63) is 33.4 Å². The Morgan fingerprint density at radius 3 is 2.76 bits per heavy atom. The molecular formula is C22H28FN7O3. The first kappa shape index (κ1) is 22.7. The van der Waals surface area contributed by atoms with Crippen LogP contribution in [0.3, 0.4) is 0 Å². The Morgan fingerprint density at radius 1 is 1.36 bits per heavy atom. The zero-order chi connectivity index (χ0) is 24.1. The molecule has 11 heteroatoms. The minimum absolute atomic E-state index is 0.0312. The highest BCUT2D eigenvalue weighted by molar-refractivity contribution is 6.02. The van der Waals surface area contributed by atoms with E-state index in [0.717, 1.165) is 12.8 Å². The summed E-state index contributed by atoms with van der Waals surface area (Å²) in [4.78, 5) is 39.4. The molecule has 1 aromatic carbocycles. The Morgan fingerprint density at radius 2 is 2.09 bits per heavy atom. The highest BCUT2D eigenvalue weighted by atomic mass is 19.1. The number of anilines is 2. The summed E-state index contributed by atoms with van der Waals surface area (Å²) in [5.41, 5.74) is 14.5.